The Morgan fingerprint density at radius 3 is 3.00 bits per heavy atom. The molecule has 0 unspecified atom stereocenters. The molecule has 0 saturated carbocycles. The van der Waals surface area contributed by atoms with E-state index in [1.165, 1.54) is 0 Å². The first kappa shape index (κ1) is 8.85. The van der Waals surface area contributed by atoms with E-state index in [0.717, 1.165) is 12.4 Å². The molecule has 3 heteroatoms. The highest BCUT2D eigenvalue weighted by Crippen LogP contribution is 2.22. The van der Waals surface area contributed by atoms with Crippen LogP contribution in [0.1, 0.15) is 6.92 Å². The standard InChI is InChI=1S/C10H11ClO2/c1-7(10-6-12-10)13-9-4-2-3-8(11)5-9/h2-5,7,10H,6H2,1H3/t7-,10+/m0/s1. The third-order valence-electron chi connectivity index (χ3n) is 2.00. The molecule has 0 amide bonds. The Hall–Kier alpha value is -0.730. The zero-order valence-corrected chi connectivity index (χ0v) is 8.12. The summed E-state index contributed by atoms with van der Waals surface area (Å²) in [4.78, 5) is 0. The molecule has 1 aliphatic heterocycles. The minimum atomic E-state index is 0.110. The van der Waals surface area contributed by atoms with Gasteiger partial charge in [-0.1, -0.05) is 17.7 Å². The van der Waals surface area contributed by atoms with Crippen molar-refractivity contribution < 1.29 is 9.47 Å². The number of halogens is 1. The molecule has 1 aromatic rings. The molecular weight excluding hydrogens is 188 g/mol. The fraction of sp³-hybridized carbons (Fsp3) is 0.400. The molecule has 0 bridgehead atoms. The first-order valence-corrected chi connectivity index (χ1v) is 4.67. The summed E-state index contributed by atoms with van der Waals surface area (Å²) in [7, 11) is 0. The molecule has 0 aliphatic carbocycles. The van der Waals surface area contributed by atoms with Gasteiger partial charge in [0.2, 0.25) is 0 Å². The van der Waals surface area contributed by atoms with Gasteiger partial charge in [0.1, 0.15) is 18.0 Å². The molecule has 0 spiro atoms. The number of rotatable bonds is 3. The van der Waals surface area contributed by atoms with Crippen molar-refractivity contribution >= 4 is 11.6 Å². The largest absolute Gasteiger partial charge is 0.488 e. The fourth-order valence-electron chi connectivity index (χ4n) is 1.16. The molecule has 0 N–H and O–H groups in total. The van der Waals surface area contributed by atoms with Crippen molar-refractivity contribution in [2.75, 3.05) is 6.61 Å². The summed E-state index contributed by atoms with van der Waals surface area (Å²) in [5.41, 5.74) is 0. The van der Waals surface area contributed by atoms with Gasteiger partial charge in [-0.15, -0.1) is 0 Å². The minimum Gasteiger partial charge on any atom is -0.488 e. The van der Waals surface area contributed by atoms with E-state index in [0.29, 0.717) is 5.02 Å². The second kappa shape index (κ2) is 3.56. The molecule has 0 radical (unpaired) electrons. The Labute approximate surface area is 82.4 Å². The van der Waals surface area contributed by atoms with Gasteiger partial charge in [0.15, 0.2) is 0 Å². The second-order valence-electron chi connectivity index (χ2n) is 3.15. The maximum absolute atomic E-state index is 5.81. The molecule has 2 atom stereocenters. The zero-order chi connectivity index (χ0) is 9.26. The summed E-state index contributed by atoms with van der Waals surface area (Å²) >= 11 is 5.81. The number of hydrogen-bond donors (Lipinski definition) is 0. The van der Waals surface area contributed by atoms with Gasteiger partial charge in [-0.05, 0) is 25.1 Å². The van der Waals surface area contributed by atoms with Crippen molar-refractivity contribution in [2.45, 2.75) is 19.1 Å². The second-order valence-corrected chi connectivity index (χ2v) is 3.59. The van der Waals surface area contributed by atoms with E-state index in [4.69, 9.17) is 21.1 Å². The fourth-order valence-corrected chi connectivity index (χ4v) is 1.34. The average Bonchev–Trinajstić information content (AvgIpc) is 2.85. The van der Waals surface area contributed by atoms with Crippen LogP contribution < -0.4 is 4.74 Å². The van der Waals surface area contributed by atoms with Crippen LogP contribution in [-0.2, 0) is 4.74 Å². The lowest BCUT2D eigenvalue weighted by atomic mass is 10.3. The van der Waals surface area contributed by atoms with Crippen molar-refractivity contribution in [3.63, 3.8) is 0 Å². The molecule has 1 aromatic carbocycles. The van der Waals surface area contributed by atoms with E-state index in [2.05, 4.69) is 0 Å². The lowest BCUT2D eigenvalue weighted by Crippen LogP contribution is -2.18. The third kappa shape index (κ3) is 2.36. The van der Waals surface area contributed by atoms with Crippen LogP contribution in [0.2, 0.25) is 5.02 Å². The Morgan fingerprint density at radius 1 is 1.62 bits per heavy atom. The Morgan fingerprint density at radius 2 is 2.38 bits per heavy atom. The number of epoxide rings is 1. The van der Waals surface area contributed by atoms with Crippen LogP contribution >= 0.6 is 11.6 Å². The van der Waals surface area contributed by atoms with Gasteiger partial charge >= 0.3 is 0 Å². The monoisotopic (exact) mass is 198 g/mol. The summed E-state index contributed by atoms with van der Waals surface area (Å²) in [5.74, 6) is 0.801. The predicted octanol–water partition coefficient (Wildman–Crippen LogP) is 2.51. The summed E-state index contributed by atoms with van der Waals surface area (Å²) in [6, 6.07) is 7.40. The van der Waals surface area contributed by atoms with Crippen molar-refractivity contribution in [1.82, 2.24) is 0 Å². The van der Waals surface area contributed by atoms with Gasteiger partial charge in [0.25, 0.3) is 0 Å². The van der Waals surface area contributed by atoms with Gasteiger partial charge in [0, 0.05) is 5.02 Å². The predicted molar refractivity (Wildman–Crippen MR) is 51.3 cm³/mol. The molecule has 1 saturated heterocycles. The molecule has 2 nitrogen and oxygen atoms in total. The van der Waals surface area contributed by atoms with E-state index in [-0.39, 0.29) is 12.2 Å². The lowest BCUT2D eigenvalue weighted by Gasteiger charge is -2.11. The highest BCUT2D eigenvalue weighted by atomic mass is 35.5. The summed E-state index contributed by atoms with van der Waals surface area (Å²) in [5, 5.41) is 0.696. The van der Waals surface area contributed by atoms with E-state index in [1.54, 1.807) is 6.07 Å². The summed E-state index contributed by atoms with van der Waals surface area (Å²) in [6.45, 7) is 2.81. The third-order valence-corrected chi connectivity index (χ3v) is 2.24. The van der Waals surface area contributed by atoms with Gasteiger partial charge in [0.05, 0.1) is 6.61 Å². The van der Waals surface area contributed by atoms with Crippen LogP contribution in [-0.4, -0.2) is 18.8 Å². The first-order chi connectivity index (χ1) is 6.25. The lowest BCUT2D eigenvalue weighted by molar-refractivity contribution is 0.176. The van der Waals surface area contributed by atoms with Gasteiger partial charge in [-0.2, -0.15) is 0 Å². The van der Waals surface area contributed by atoms with Crippen LogP contribution in [0.5, 0.6) is 5.75 Å². The van der Waals surface area contributed by atoms with Crippen LogP contribution in [0.15, 0.2) is 24.3 Å². The van der Waals surface area contributed by atoms with E-state index >= 15 is 0 Å². The van der Waals surface area contributed by atoms with E-state index < -0.39 is 0 Å². The molecule has 13 heavy (non-hydrogen) atoms. The topological polar surface area (TPSA) is 21.8 Å². The quantitative estimate of drug-likeness (QED) is 0.697. The molecular formula is C10H11ClO2. The maximum atomic E-state index is 5.81. The van der Waals surface area contributed by atoms with Gasteiger partial charge < -0.3 is 9.47 Å². The maximum Gasteiger partial charge on any atom is 0.124 e. The van der Waals surface area contributed by atoms with E-state index in [1.807, 2.05) is 25.1 Å². The highest BCUT2D eigenvalue weighted by molar-refractivity contribution is 6.30. The number of benzene rings is 1. The molecule has 1 fully saturated rings. The smallest absolute Gasteiger partial charge is 0.124 e. The van der Waals surface area contributed by atoms with Gasteiger partial charge in [-0.3, -0.25) is 0 Å². The number of hydrogen-bond acceptors (Lipinski definition) is 2. The SMILES string of the molecule is C[C@H](Oc1cccc(Cl)c1)[C@H]1CO1. The molecule has 0 aromatic heterocycles. The average molecular weight is 199 g/mol. The summed E-state index contributed by atoms with van der Waals surface area (Å²) in [6.07, 6.45) is 0.373. The summed E-state index contributed by atoms with van der Waals surface area (Å²) < 4.78 is 10.7. The molecule has 1 heterocycles. The normalized spacial score (nSPS) is 22.5. The zero-order valence-electron chi connectivity index (χ0n) is 7.37. The van der Waals surface area contributed by atoms with Crippen LogP contribution in [0.4, 0.5) is 0 Å². The molecule has 2 rings (SSSR count). The van der Waals surface area contributed by atoms with Crippen LogP contribution in [0.3, 0.4) is 0 Å². The Bertz CT molecular complexity index is 297. The van der Waals surface area contributed by atoms with Crippen molar-refractivity contribution in [2.24, 2.45) is 0 Å². The molecule has 70 valence electrons. The first-order valence-electron chi connectivity index (χ1n) is 4.29. The highest BCUT2D eigenvalue weighted by Gasteiger charge is 2.30. The Balaban J connectivity index is 2.00. The van der Waals surface area contributed by atoms with Crippen molar-refractivity contribution in [1.29, 1.82) is 0 Å². The van der Waals surface area contributed by atoms with Crippen molar-refractivity contribution in [3.8, 4) is 5.75 Å². The Kier molecular flexibility index (Phi) is 2.42. The van der Waals surface area contributed by atoms with Crippen LogP contribution in [0.25, 0.3) is 0 Å². The minimum absolute atomic E-state index is 0.110. The van der Waals surface area contributed by atoms with E-state index in [9.17, 15) is 0 Å². The molecule has 1 aliphatic rings. The van der Waals surface area contributed by atoms with Crippen molar-refractivity contribution in [3.05, 3.63) is 29.3 Å². The number of ether oxygens (including phenoxy) is 2. The van der Waals surface area contributed by atoms with Gasteiger partial charge in [-0.25, -0.2) is 0 Å². The van der Waals surface area contributed by atoms with Crippen LogP contribution in [0, 0.1) is 0 Å².